The van der Waals surface area contributed by atoms with E-state index in [0.717, 1.165) is 31.3 Å². The molecule has 0 N–H and O–H groups in total. The Morgan fingerprint density at radius 1 is 1.72 bits per heavy atom. The molecule has 2 rings (SSSR count). The van der Waals surface area contributed by atoms with Crippen molar-refractivity contribution in [2.75, 3.05) is 32.6 Å². The van der Waals surface area contributed by atoms with Crippen LogP contribution in [-0.4, -0.2) is 58.1 Å². The van der Waals surface area contributed by atoms with Crippen molar-refractivity contribution >= 4 is 17.7 Å². The fourth-order valence-corrected chi connectivity index (χ4v) is 2.68. The van der Waals surface area contributed by atoms with Crippen molar-refractivity contribution in [3.8, 4) is 0 Å². The molecular formula is C11H18N4O2S. The monoisotopic (exact) mass is 270 g/mol. The summed E-state index contributed by atoms with van der Waals surface area (Å²) in [5.41, 5.74) is 0. The van der Waals surface area contributed by atoms with Crippen LogP contribution in [0.2, 0.25) is 0 Å². The van der Waals surface area contributed by atoms with Gasteiger partial charge in [0.1, 0.15) is 6.33 Å². The zero-order chi connectivity index (χ0) is 13.0. The van der Waals surface area contributed by atoms with Crippen LogP contribution in [0.3, 0.4) is 0 Å². The number of aromatic nitrogens is 3. The van der Waals surface area contributed by atoms with Crippen LogP contribution in [0.25, 0.3) is 0 Å². The minimum absolute atomic E-state index is 0.120. The molecule has 0 radical (unpaired) electrons. The number of nitrogens with zero attached hydrogens (tertiary/aromatic N) is 4. The first-order valence-corrected chi connectivity index (χ1v) is 6.94. The van der Waals surface area contributed by atoms with Crippen molar-refractivity contribution in [1.82, 2.24) is 19.7 Å². The summed E-state index contributed by atoms with van der Waals surface area (Å²) in [5, 5.41) is 8.48. The van der Waals surface area contributed by atoms with E-state index < -0.39 is 0 Å². The van der Waals surface area contributed by atoms with Gasteiger partial charge in [-0.15, -0.1) is 10.2 Å². The highest BCUT2D eigenvalue weighted by atomic mass is 32.2. The zero-order valence-electron chi connectivity index (χ0n) is 10.7. The second kappa shape index (κ2) is 6.19. The van der Waals surface area contributed by atoms with E-state index in [1.54, 1.807) is 11.2 Å². The van der Waals surface area contributed by atoms with E-state index in [0.29, 0.717) is 11.7 Å². The van der Waals surface area contributed by atoms with E-state index in [9.17, 15) is 4.79 Å². The highest BCUT2D eigenvalue weighted by Crippen LogP contribution is 2.16. The highest BCUT2D eigenvalue weighted by molar-refractivity contribution is 7.99. The third-order valence-corrected chi connectivity index (χ3v) is 4.00. The van der Waals surface area contributed by atoms with Gasteiger partial charge in [-0.25, -0.2) is 0 Å². The quantitative estimate of drug-likeness (QED) is 0.725. The molecule has 1 amide bonds. The third kappa shape index (κ3) is 3.46. The van der Waals surface area contributed by atoms with Crippen molar-refractivity contribution in [3.05, 3.63) is 6.33 Å². The number of amides is 1. The smallest absolute Gasteiger partial charge is 0.232 e. The molecule has 2 heterocycles. The summed E-state index contributed by atoms with van der Waals surface area (Å²) >= 11 is 1.41. The Hall–Kier alpha value is -1.08. The molecule has 0 spiro atoms. The van der Waals surface area contributed by atoms with Crippen molar-refractivity contribution < 1.29 is 9.53 Å². The van der Waals surface area contributed by atoms with Crippen LogP contribution < -0.4 is 0 Å². The summed E-state index contributed by atoms with van der Waals surface area (Å²) in [6, 6.07) is 0. The SMILES string of the molecule is CN(CC1CCOC1)C(=O)CSc1nncn1C. The lowest BCUT2D eigenvalue weighted by Crippen LogP contribution is -2.33. The van der Waals surface area contributed by atoms with Crippen molar-refractivity contribution in [2.45, 2.75) is 11.6 Å². The first kappa shape index (κ1) is 13.4. The molecule has 0 saturated carbocycles. The fraction of sp³-hybridized carbons (Fsp3) is 0.727. The van der Waals surface area contributed by atoms with Crippen molar-refractivity contribution in [1.29, 1.82) is 0 Å². The largest absolute Gasteiger partial charge is 0.381 e. The summed E-state index contributed by atoms with van der Waals surface area (Å²) in [6.45, 7) is 2.37. The molecule has 1 fully saturated rings. The zero-order valence-corrected chi connectivity index (χ0v) is 11.5. The van der Waals surface area contributed by atoms with Crippen molar-refractivity contribution in [2.24, 2.45) is 13.0 Å². The maximum Gasteiger partial charge on any atom is 0.232 e. The second-order valence-corrected chi connectivity index (χ2v) is 5.46. The normalized spacial score (nSPS) is 19.1. The van der Waals surface area contributed by atoms with E-state index in [2.05, 4.69) is 10.2 Å². The van der Waals surface area contributed by atoms with Gasteiger partial charge in [-0.2, -0.15) is 0 Å². The lowest BCUT2D eigenvalue weighted by atomic mass is 10.1. The Balaban J connectivity index is 1.75. The molecule has 1 unspecified atom stereocenters. The number of hydrogen-bond acceptors (Lipinski definition) is 5. The minimum atomic E-state index is 0.120. The summed E-state index contributed by atoms with van der Waals surface area (Å²) < 4.78 is 7.12. The number of rotatable bonds is 5. The first-order valence-electron chi connectivity index (χ1n) is 5.95. The van der Waals surface area contributed by atoms with Gasteiger partial charge in [0.25, 0.3) is 0 Å². The Morgan fingerprint density at radius 3 is 3.17 bits per heavy atom. The Morgan fingerprint density at radius 2 is 2.56 bits per heavy atom. The summed E-state index contributed by atoms with van der Waals surface area (Å²) in [5.74, 6) is 1.00. The number of ether oxygens (including phenoxy) is 1. The molecule has 1 aromatic rings. The average Bonchev–Trinajstić information content (AvgIpc) is 2.98. The number of carbonyl (C=O) groups excluding carboxylic acids is 1. The molecule has 18 heavy (non-hydrogen) atoms. The van der Waals surface area contributed by atoms with Crippen LogP contribution in [0.1, 0.15) is 6.42 Å². The van der Waals surface area contributed by atoms with E-state index in [-0.39, 0.29) is 5.91 Å². The topological polar surface area (TPSA) is 60.2 Å². The summed E-state index contributed by atoms with van der Waals surface area (Å²) in [7, 11) is 3.71. The van der Waals surface area contributed by atoms with Gasteiger partial charge in [0.05, 0.1) is 12.4 Å². The number of aryl methyl sites for hydroxylation is 1. The standard InChI is InChI=1S/C11H18N4O2S/c1-14(5-9-3-4-17-6-9)10(16)7-18-11-13-12-8-15(11)2/h8-9H,3-7H2,1-2H3. The lowest BCUT2D eigenvalue weighted by molar-refractivity contribution is -0.127. The van der Waals surface area contributed by atoms with E-state index in [1.165, 1.54) is 11.8 Å². The molecule has 0 aromatic carbocycles. The molecule has 7 heteroatoms. The van der Waals surface area contributed by atoms with Gasteiger partial charge in [0.15, 0.2) is 5.16 Å². The van der Waals surface area contributed by atoms with Crippen LogP contribution in [0.15, 0.2) is 11.5 Å². The maximum absolute atomic E-state index is 11.9. The van der Waals surface area contributed by atoms with Gasteiger partial charge < -0.3 is 14.2 Å². The Kier molecular flexibility index (Phi) is 4.60. The van der Waals surface area contributed by atoms with Crippen LogP contribution in [-0.2, 0) is 16.6 Å². The minimum Gasteiger partial charge on any atom is -0.381 e. The highest BCUT2D eigenvalue weighted by Gasteiger charge is 2.20. The van der Waals surface area contributed by atoms with E-state index in [4.69, 9.17) is 4.74 Å². The maximum atomic E-state index is 11.9. The van der Waals surface area contributed by atoms with Gasteiger partial charge in [-0.1, -0.05) is 11.8 Å². The van der Waals surface area contributed by atoms with E-state index >= 15 is 0 Å². The molecule has 1 aromatic heterocycles. The molecule has 0 bridgehead atoms. The third-order valence-electron chi connectivity index (χ3n) is 2.98. The molecule has 1 saturated heterocycles. The number of thioether (sulfide) groups is 1. The predicted octanol–water partition coefficient (Wildman–Crippen LogP) is 0.402. The van der Waals surface area contributed by atoms with Gasteiger partial charge in [-0.3, -0.25) is 4.79 Å². The predicted molar refractivity (Wildman–Crippen MR) is 68.3 cm³/mol. The Labute approximate surface area is 111 Å². The number of carbonyl (C=O) groups is 1. The van der Waals surface area contributed by atoms with Gasteiger partial charge in [0.2, 0.25) is 5.91 Å². The summed E-state index contributed by atoms with van der Waals surface area (Å²) in [6.07, 6.45) is 2.68. The molecular weight excluding hydrogens is 252 g/mol. The number of hydrogen-bond donors (Lipinski definition) is 0. The lowest BCUT2D eigenvalue weighted by Gasteiger charge is -2.20. The molecule has 100 valence electrons. The molecule has 1 aliphatic heterocycles. The van der Waals surface area contributed by atoms with Crippen LogP contribution >= 0.6 is 11.8 Å². The van der Waals surface area contributed by atoms with Crippen LogP contribution in [0.5, 0.6) is 0 Å². The first-order chi connectivity index (χ1) is 8.66. The molecule has 6 nitrogen and oxygen atoms in total. The Bertz CT molecular complexity index is 404. The van der Waals surface area contributed by atoms with E-state index in [1.807, 2.05) is 18.7 Å². The molecule has 1 aliphatic rings. The van der Waals surface area contributed by atoms with Gasteiger partial charge in [0, 0.05) is 33.2 Å². The van der Waals surface area contributed by atoms with Gasteiger partial charge >= 0.3 is 0 Å². The fourth-order valence-electron chi connectivity index (χ4n) is 1.86. The van der Waals surface area contributed by atoms with Crippen molar-refractivity contribution in [3.63, 3.8) is 0 Å². The molecule has 0 aliphatic carbocycles. The summed E-state index contributed by atoms with van der Waals surface area (Å²) in [4.78, 5) is 13.7. The van der Waals surface area contributed by atoms with Crippen LogP contribution in [0, 0.1) is 5.92 Å². The molecule has 1 atom stereocenters. The van der Waals surface area contributed by atoms with Gasteiger partial charge in [-0.05, 0) is 6.42 Å². The second-order valence-electron chi connectivity index (χ2n) is 4.52. The average molecular weight is 270 g/mol. The van der Waals surface area contributed by atoms with Crippen LogP contribution in [0.4, 0.5) is 0 Å².